The standard InChI is InChI=1S/C15H32/c1-8-10-14(13(5)12(3)4)11-15(6,7)9-2/h12-14H,8-11H2,1-7H3. The van der Waals surface area contributed by atoms with Gasteiger partial charge in [0.15, 0.2) is 0 Å². The molecular weight excluding hydrogens is 180 g/mol. The van der Waals surface area contributed by atoms with Crippen molar-refractivity contribution in [1.82, 2.24) is 0 Å². The van der Waals surface area contributed by atoms with Crippen molar-refractivity contribution in [3.05, 3.63) is 0 Å². The highest BCUT2D eigenvalue weighted by molar-refractivity contribution is 4.77. The third kappa shape index (κ3) is 5.58. The van der Waals surface area contributed by atoms with Crippen LogP contribution in [0.15, 0.2) is 0 Å². The van der Waals surface area contributed by atoms with Crippen molar-refractivity contribution in [3.8, 4) is 0 Å². The summed E-state index contributed by atoms with van der Waals surface area (Å²) in [7, 11) is 0. The lowest BCUT2D eigenvalue weighted by atomic mass is 9.72. The average molecular weight is 212 g/mol. The normalized spacial score (nSPS) is 16.8. The van der Waals surface area contributed by atoms with E-state index in [2.05, 4.69) is 48.5 Å². The Morgan fingerprint density at radius 1 is 1.00 bits per heavy atom. The molecule has 0 aliphatic heterocycles. The van der Waals surface area contributed by atoms with E-state index < -0.39 is 0 Å². The fraction of sp³-hybridized carbons (Fsp3) is 1.00. The van der Waals surface area contributed by atoms with Gasteiger partial charge in [0.2, 0.25) is 0 Å². The van der Waals surface area contributed by atoms with Gasteiger partial charge in [0.25, 0.3) is 0 Å². The van der Waals surface area contributed by atoms with Crippen molar-refractivity contribution in [2.45, 2.75) is 74.1 Å². The highest BCUT2D eigenvalue weighted by Crippen LogP contribution is 2.36. The lowest BCUT2D eigenvalue weighted by Gasteiger charge is -2.34. The largest absolute Gasteiger partial charge is 0.0654 e. The van der Waals surface area contributed by atoms with Crippen molar-refractivity contribution < 1.29 is 0 Å². The Bertz CT molecular complexity index is 155. The summed E-state index contributed by atoms with van der Waals surface area (Å²) in [5.41, 5.74) is 0.531. The first-order valence-corrected chi connectivity index (χ1v) is 6.84. The van der Waals surface area contributed by atoms with Crippen LogP contribution in [0.5, 0.6) is 0 Å². The van der Waals surface area contributed by atoms with Gasteiger partial charge in [-0.3, -0.25) is 0 Å². The molecule has 0 N–H and O–H groups in total. The van der Waals surface area contributed by atoms with E-state index in [-0.39, 0.29) is 0 Å². The molecule has 92 valence electrons. The molecule has 0 saturated carbocycles. The minimum atomic E-state index is 0.531. The van der Waals surface area contributed by atoms with Crippen LogP contribution in [0.2, 0.25) is 0 Å². The van der Waals surface area contributed by atoms with Crippen LogP contribution in [-0.2, 0) is 0 Å². The third-order valence-corrected chi connectivity index (χ3v) is 4.23. The fourth-order valence-corrected chi connectivity index (χ4v) is 2.32. The molecule has 0 heterocycles. The molecule has 0 saturated heterocycles. The molecule has 0 aliphatic carbocycles. The zero-order valence-electron chi connectivity index (χ0n) is 12.1. The summed E-state index contributed by atoms with van der Waals surface area (Å²) < 4.78 is 0. The summed E-state index contributed by atoms with van der Waals surface area (Å²) in [6, 6.07) is 0. The van der Waals surface area contributed by atoms with E-state index in [9.17, 15) is 0 Å². The maximum atomic E-state index is 2.44. The average Bonchev–Trinajstić information content (AvgIpc) is 2.15. The number of rotatable bonds is 7. The Balaban J connectivity index is 4.39. The molecule has 0 fully saturated rings. The monoisotopic (exact) mass is 212 g/mol. The lowest BCUT2D eigenvalue weighted by molar-refractivity contribution is 0.168. The molecule has 0 aliphatic rings. The first-order chi connectivity index (χ1) is 6.84. The van der Waals surface area contributed by atoms with Gasteiger partial charge in [-0.25, -0.2) is 0 Å². The van der Waals surface area contributed by atoms with Gasteiger partial charge in [-0.05, 0) is 29.6 Å². The van der Waals surface area contributed by atoms with E-state index in [1.165, 1.54) is 25.7 Å². The molecule has 0 spiro atoms. The van der Waals surface area contributed by atoms with Gasteiger partial charge < -0.3 is 0 Å². The molecule has 15 heavy (non-hydrogen) atoms. The Labute approximate surface area is 97.8 Å². The lowest BCUT2D eigenvalue weighted by Crippen LogP contribution is -2.24. The molecule has 2 atom stereocenters. The van der Waals surface area contributed by atoms with Crippen molar-refractivity contribution in [2.24, 2.45) is 23.2 Å². The Kier molecular flexibility index (Phi) is 6.55. The van der Waals surface area contributed by atoms with Crippen LogP contribution in [0.3, 0.4) is 0 Å². The summed E-state index contributed by atoms with van der Waals surface area (Å²) >= 11 is 0. The second-order valence-corrected chi connectivity index (χ2v) is 6.37. The second-order valence-electron chi connectivity index (χ2n) is 6.37. The van der Waals surface area contributed by atoms with Gasteiger partial charge in [0.1, 0.15) is 0 Å². The highest BCUT2D eigenvalue weighted by Gasteiger charge is 2.26. The molecule has 0 aromatic rings. The SMILES string of the molecule is CCCC(CC(C)(C)CC)C(C)C(C)C. The molecule has 0 aromatic heterocycles. The van der Waals surface area contributed by atoms with Crippen molar-refractivity contribution in [1.29, 1.82) is 0 Å². The molecule has 0 amide bonds. The molecule has 0 bridgehead atoms. The quantitative estimate of drug-likeness (QED) is 0.521. The second kappa shape index (κ2) is 6.55. The van der Waals surface area contributed by atoms with Gasteiger partial charge in [-0.2, -0.15) is 0 Å². The first kappa shape index (κ1) is 15.0. The summed E-state index contributed by atoms with van der Waals surface area (Å²) in [6.07, 6.45) is 5.44. The molecule has 0 rings (SSSR count). The molecule has 0 heteroatoms. The van der Waals surface area contributed by atoms with Crippen molar-refractivity contribution in [2.75, 3.05) is 0 Å². The van der Waals surface area contributed by atoms with E-state index in [0.717, 1.165) is 17.8 Å². The molecule has 2 unspecified atom stereocenters. The molecular formula is C15H32. The van der Waals surface area contributed by atoms with Crippen LogP contribution < -0.4 is 0 Å². The minimum absolute atomic E-state index is 0.531. The van der Waals surface area contributed by atoms with E-state index in [1.54, 1.807) is 0 Å². The zero-order valence-corrected chi connectivity index (χ0v) is 12.1. The van der Waals surface area contributed by atoms with Crippen molar-refractivity contribution >= 4 is 0 Å². The Morgan fingerprint density at radius 2 is 1.53 bits per heavy atom. The van der Waals surface area contributed by atoms with Gasteiger partial charge in [0.05, 0.1) is 0 Å². The van der Waals surface area contributed by atoms with Gasteiger partial charge in [0, 0.05) is 0 Å². The van der Waals surface area contributed by atoms with Crippen LogP contribution in [0.4, 0.5) is 0 Å². The van der Waals surface area contributed by atoms with Gasteiger partial charge in [-0.1, -0.05) is 67.7 Å². The van der Waals surface area contributed by atoms with Crippen LogP contribution in [0.1, 0.15) is 74.1 Å². The van der Waals surface area contributed by atoms with E-state index >= 15 is 0 Å². The number of hydrogen-bond donors (Lipinski definition) is 0. The maximum Gasteiger partial charge on any atom is -0.0354 e. The van der Waals surface area contributed by atoms with Gasteiger partial charge in [-0.15, -0.1) is 0 Å². The Hall–Kier alpha value is 0. The zero-order chi connectivity index (χ0) is 12.1. The topological polar surface area (TPSA) is 0 Å². The molecule has 0 radical (unpaired) electrons. The summed E-state index contributed by atoms with van der Waals surface area (Å²) in [4.78, 5) is 0. The van der Waals surface area contributed by atoms with E-state index in [0.29, 0.717) is 5.41 Å². The van der Waals surface area contributed by atoms with E-state index in [4.69, 9.17) is 0 Å². The first-order valence-electron chi connectivity index (χ1n) is 6.84. The van der Waals surface area contributed by atoms with Crippen LogP contribution in [-0.4, -0.2) is 0 Å². The summed E-state index contributed by atoms with van der Waals surface area (Å²) in [6.45, 7) is 16.7. The Morgan fingerprint density at radius 3 is 1.87 bits per heavy atom. The third-order valence-electron chi connectivity index (χ3n) is 4.23. The maximum absolute atomic E-state index is 2.44. The van der Waals surface area contributed by atoms with Crippen molar-refractivity contribution in [3.63, 3.8) is 0 Å². The highest BCUT2D eigenvalue weighted by atomic mass is 14.3. The van der Waals surface area contributed by atoms with Crippen LogP contribution >= 0.6 is 0 Å². The van der Waals surface area contributed by atoms with E-state index in [1.807, 2.05) is 0 Å². The predicted molar refractivity (Wildman–Crippen MR) is 71.1 cm³/mol. The number of hydrogen-bond acceptors (Lipinski definition) is 0. The summed E-state index contributed by atoms with van der Waals surface area (Å²) in [5, 5.41) is 0. The molecule has 0 aromatic carbocycles. The summed E-state index contributed by atoms with van der Waals surface area (Å²) in [5.74, 6) is 2.62. The predicted octanol–water partition coefficient (Wildman–Crippen LogP) is 5.52. The van der Waals surface area contributed by atoms with Crippen LogP contribution in [0, 0.1) is 23.2 Å². The minimum Gasteiger partial charge on any atom is -0.0654 e. The van der Waals surface area contributed by atoms with Crippen LogP contribution in [0.25, 0.3) is 0 Å². The fourth-order valence-electron chi connectivity index (χ4n) is 2.32. The van der Waals surface area contributed by atoms with Gasteiger partial charge >= 0.3 is 0 Å². The molecule has 0 nitrogen and oxygen atoms in total. The smallest absolute Gasteiger partial charge is 0.0354 e.